The first-order chi connectivity index (χ1) is 20.9. The second kappa shape index (κ2) is 13.6. The monoisotopic (exact) mass is 601 g/mol. The average Bonchev–Trinajstić information content (AvgIpc) is 3.30. The summed E-state index contributed by atoms with van der Waals surface area (Å²) in [6.45, 7) is 9.99. The predicted molar refractivity (Wildman–Crippen MR) is 165 cm³/mol. The van der Waals surface area contributed by atoms with Gasteiger partial charge in [-0.1, -0.05) is 60.7 Å². The van der Waals surface area contributed by atoms with Crippen molar-refractivity contribution < 1.29 is 33.4 Å². The van der Waals surface area contributed by atoms with Crippen LogP contribution in [0.1, 0.15) is 61.4 Å². The fourth-order valence-corrected chi connectivity index (χ4v) is 5.36. The minimum absolute atomic E-state index is 0.0490. The number of fused-ring (bicyclic) bond motifs is 3. The first kappa shape index (κ1) is 32.1. The van der Waals surface area contributed by atoms with E-state index in [9.17, 15) is 19.2 Å². The first-order valence-electron chi connectivity index (χ1n) is 14.5. The van der Waals surface area contributed by atoms with Crippen LogP contribution in [-0.4, -0.2) is 54.1 Å². The molecule has 0 spiro atoms. The number of benzene rings is 3. The Morgan fingerprint density at radius 1 is 0.864 bits per heavy atom. The molecule has 2 N–H and O–H groups in total. The van der Waals surface area contributed by atoms with Crippen molar-refractivity contribution in [1.82, 2.24) is 15.8 Å². The average molecular weight is 602 g/mol. The van der Waals surface area contributed by atoms with Crippen LogP contribution >= 0.6 is 0 Å². The van der Waals surface area contributed by atoms with Gasteiger partial charge in [-0.2, -0.15) is 0 Å². The maximum Gasteiger partial charge on any atom is 0.410 e. The maximum absolute atomic E-state index is 13.5. The van der Waals surface area contributed by atoms with Crippen LogP contribution in [0.3, 0.4) is 0 Å². The standard InChI is InChI=1S/C34H39N3O7/c1-7-42-32(40)34(5,6)44-31-21(2)16-24(17-22(31)3)18-37(19-30(39)36-35-23(4)38)33(41)43-20-29-27-14-10-8-12-25(27)26-13-9-11-15-28(26)29/h8-17,29H,7,18-20H2,1-6H3,(H,35,38)(H,36,39). The number of ether oxygens (including phenoxy) is 3. The number of nitrogens with one attached hydrogen (secondary N) is 2. The highest BCUT2D eigenvalue weighted by Crippen LogP contribution is 2.44. The van der Waals surface area contributed by atoms with Gasteiger partial charge in [0.05, 0.1) is 6.61 Å². The Kier molecular flexibility index (Phi) is 9.93. The lowest BCUT2D eigenvalue weighted by atomic mass is 9.98. The van der Waals surface area contributed by atoms with Crippen LogP contribution < -0.4 is 15.6 Å². The molecule has 0 aliphatic heterocycles. The highest BCUT2D eigenvalue weighted by Gasteiger charge is 2.33. The van der Waals surface area contributed by atoms with E-state index in [1.54, 1.807) is 20.8 Å². The molecule has 0 aromatic heterocycles. The summed E-state index contributed by atoms with van der Waals surface area (Å²) in [5.74, 6) is -1.13. The molecule has 0 saturated carbocycles. The lowest BCUT2D eigenvalue weighted by Gasteiger charge is -2.27. The van der Waals surface area contributed by atoms with Crippen molar-refractivity contribution in [1.29, 1.82) is 0 Å². The van der Waals surface area contributed by atoms with Crippen molar-refractivity contribution in [2.45, 2.75) is 59.6 Å². The molecule has 4 rings (SSSR count). The van der Waals surface area contributed by atoms with Crippen LogP contribution in [0.4, 0.5) is 4.79 Å². The van der Waals surface area contributed by atoms with Crippen LogP contribution in [0.25, 0.3) is 11.1 Å². The minimum Gasteiger partial charge on any atom is -0.476 e. The molecule has 44 heavy (non-hydrogen) atoms. The second-order valence-electron chi connectivity index (χ2n) is 11.3. The summed E-state index contributed by atoms with van der Waals surface area (Å²) in [7, 11) is 0. The number of nitrogens with zero attached hydrogens (tertiary/aromatic N) is 1. The number of aryl methyl sites for hydroxylation is 2. The van der Waals surface area contributed by atoms with Crippen molar-refractivity contribution in [2.75, 3.05) is 19.8 Å². The summed E-state index contributed by atoms with van der Waals surface area (Å²) in [4.78, 5) is 51.2. The fraction of sp³-hybridized carbons (Fsp3) is 0.353. The Balaban J connectivity index is 1.54. The van der Waals surface area contributed by atoms with Crippen molar-refractivity contribution >= 4 is 23.9 Å². The molecule has 0 heterocycles. The number of hydrogen-bond donors (Lipinski definition) is 2. The molecule has 0 unspecified atom stereocenters. The molecule has 0 radical (unpaired) electrons. The van der Waals surface area contributed by atoms with E-state index >= 15 is 0 Å². The number of esters is 1. The SMILES string of the molecule is CCOC(=O)C(C)(C)Oc1c(C)cc(CN(CC(=O)NNC(C)=O)C(=O)OCC2c3ccccc3-c3ccccc32)cc1C. The molecule has 1 aliphatic carbocycles. The number of carbonyl (C=O) groups excluding carboxylic acids is 4. The van der Waals surface area contributed by atoms with Crippen LogP contribution in [0, 0.1) is 13.8 Å². The third-order valence-corrected chi connectivity index (χ3v) is 7.32. The molecule has 1 aliphatic rings. The molecule has 3 aromatic rings. The van der Waals surface area contributed by atoms with E-state index in [1.165, 1.54) is 11.8 Å². The van der Waals surface area contributed by atoms with Gasteiger partial charge in [0.1, 0.15) is 18.9 Å². The molecule has 232 valence electrons. The Bertz CT molecular complexity index is 1500. The highest BCUT2D eigenvalue weighted by molar-refractivity contribution is 5.85. The molecule has 10 nitrogen and oxygen atoms in total. The summed E-state index contributed by atoms with van der Waals surface area (Å²) in [5.41, 5.74) is 9.91. The maximum atomic E-state index is 13.5. The van der Waals surface area contributed by atoms with E-state index in [4.69, 9.17) is 14.2 Å². The topological polar surface area (TPSA) is 123 Å². The second-order valence-corrected chi connectivity index (χ2v) is 11.3. The van der Waals surface area contributed by atoms with Crippen LogP contribution in [0.15, 0.2) is 60.7 Å². The van der Waals surface area contributed by atoms with E-state index in [-0.39, 0.29) is 32.2 Å². The molecule has 3 amide bonds. The van der Waals surface area contributed by atoms with Gasteiger partial charge in [0.2, 0.25) is 5.91 Å². The van der Waals surface area contributed by atoms with Gasteiger partial charge in [-0.05, 0) is 73.6 Å². The number of hydrazine groups is 1. The zero-order valence-corrected chi connectivity index (χ0v) is 26.0. The quantitative estimate of drug-likeness (QED) is 0.249. The largest absolute Gasteiger partial charge is 0.476 e. The van der Waals surface area contributed by atoms with E-state index in [2.05, 4.69) is 23.0 Å². The molecule has 0 fully saturated rings. The smallest absolute Gasteiger partial charge is 0.410 e. The number of rotatable bonds is 10. The van der Waals surface area contributed by atoms with Gasteiger partial charge < -0.3 is 14.2 Å². The van der Waals surface area contributed by atoms with E-state index in [1.807, 2.05) is 62.4 Å². The Morgan fingerprint density at radius 3 is 1.98 bits per heavy atom. The summed E-state index contributed by atoms with van der Waals surface area (Å²) in [6.07, 6.45) is -0.677. The number of amides is 3. The summed E-state index contributed by atoms with van der Waals surface area (Å²) >= 11 is 0. The lowest BCUT2D eigenvalue weighted by molar-refractivity contribution is -0.158. The van der Waals surface area contributed by atoms with Gasteiger partial charge >= 0.3 is 12.1 Å². The zero-order valence-electron chi connectivity index (χ0n) is 26.0. The van der Waals surface area contributed by atoms with Gasteiger partial charge in [-0.25, -0.2) is 9.59 Å². The Labute approximate surface area is 257 Å². The lowest BCUT2D eigenvalue weighted by Crippen LogP contribution is -2.47. The Morgan fingerprint density at radius 2 is 1.43 bits per heavy atom. The molecule has 10 heteroatoms. The number of carbonyl (C=O) groups is 4. The third-order valence-electron chi connectivity index (χ3n) is 7.32. The van der Waals surface area contributed by atoms with Crippen LogP contribution in [0.5, 0.6) is 5.75 Å². The molecular weight excluding hydrogens is 562 g/mol. The summed E-state index contributed by atoms with van der Waals surface area (Å²) in [5, 5.41) is 0. The van der Waals surface area contributed by atoms with E-state index in [0.29, 0.717) is 5.75 Å². The summed E-state index contributed by atoms with van der Waals surface area (Å²) in [6, 6.07) is 19.7. The van der Waals surface area contributed by atoms with Crippen molar-refractivity contribution in [2.24, 2.45) is 0 Å². The van der Waals surface area contributed by atoms with Crippen LogP contribution in [0.2, 0.25) is 0 Å². The van der Waals surface area contributed by atoms with Gasteiger partial charge in [-0.3, -0.25) is 25.3 Å². The van der Waals surface area contributed by atoms with Gasteiger partial charge in [0, 0.05) is 19.4 Å². The molecule has 0 saturated heterocycles. The Hall–Kier alpha value is -4.86. The highest BCUT2D eigenvalue weighted by atomic mass is 16.6. The summed E-state index contributed by atoms with van der Waals surface area (Å²) < 4.78 is 17.1. The van der Waals surface area contributed by atoms with E-state index in [0.717, 1.165) is 38.9 Å². The predicted octanol–water partition coefficient (Wildman–Crippen LogP) is 4.94. The van der Waals surface area contributed by atoms with Crippen molar-refractivity contribution in [3.05, 3.63) is 88.5 Å². The molecule has 0 atom stereocenters. The third kappa shape index (κ3) is 7.37. The fourth-order valence-electron chi connectivity index (χ4n) is 5.36. The number of hydrogen-bond acceptors (Lipinski definition) is 7. The molecular formula is C34H39N3O7. The van der Waals surface area contributed by atoms with Gasteiger partial charge in [-0.15, -0.1) is 0 Å². The normalized spacial score (nSPS) is 12.0. The van der Waals surface area contributed by atoms with E-state index < -0.39 is 29.5 Å². The first-order valence-corrected chi connectivity index (χ1v) is 14.5. The zero-order chi connectivity index (χ0) is 32.0. The van der Waals surface area contributed by atoms with Crippen molar-refractivity contribution in [3.63, 3.8) is 0 Å². The van der Waals surface area contributed by atoms with Crippen molar-refractivity contribution in [3.8, 4) is 16.9 Å². The van der Waals surface area contributed by atoms with Gasteiger partial charge in [0.15, 0.2) is 5.60 Å². The van der Waals surface area contributed by atoms with Gasteiger partial charge in [0.25, 0.3) is 5.91 Å². The molecule has 0 bridgehead atoms. The van der Waals surface area contributed by atoms with Crippen LogP contribution in [-0.2, 0) is 30.4 Å². The molecule has 3 aromatic carbocycles. The minimum atomic E-state index is -1.21.